The summed E-state index contributed by atoms with van der Waals surface area (Å²) in [4.78, 5) is 8.74. The summed E-state index contributed by atoms with van der Waals surface area (Å²) in [5.41, 5.74) is 2.95. The van der Waals surface area contributed by atoms with Crippen LogP contribution in [0.15, 0.2) is 0 Å². The standard InChI is InChI=1S/C15H25N3O2S/c1-10(8-16-13-5-6-13)7-14-11(2)17-15(18-12(14)3)9-21(4,19)20/h10,13,16H,5-9H2,1-4H3. The Morgan fingerprint density at radius 2 is 1.81 bits per heavy atom. The van der Waals surface area contributed by atoms with E-state index in [0.717, 1.165) is 36.0 Å². The van der Waals surface area contributed by atoms with E-state index in [2.05, 4.69) is 22.2 Å². The molecule has 1 saturated carbocycles. The van der Waals surface area contributed by atoms with Crippen molar-refractivity contribution in [1.29, 1.82) is 0 Å². The number of aromatic nitrogens is 2. The van der Waals surface area contributed by atoms with Crippen LogP contribution < -0.4 is 5.32 Å². The molecule has 1 unspecified atom stereocenters. The molecule has 1 aliphatic carbocycles. The van der Waals surface area contributed by atoms with Gasteiger partial charge < -0.3 is 5.32 Å². The van der Waals surface area contributed by atoms with Crippen LogP contribution in [0.3, 0.4) is 0 Å². The maximum absolute atomic E-state index is 11.4. The first-order valence-electron chi connectivity index (χ1n) is 7.48. The molecule has 0 amide bonds. The minimum atomic E-state index is -3.09. The van der Waals surface area contributed by atoms with Gasteiger partial charge in [-0.15, -0.1) is 0 Å². The fourth-order valence-electron chi connectivity index (χ4n) is 2.48. The number of hydrogen-bond acceptors (Lipinski definition) is 5. The molecular formula is C15H25N3O2S. The monoisotopic (exact) mass is 311 g/mol. The first kappa shape index (κ1) is 16.4. The van der Waals surface area contributed by atoms with Gasteiger partial charge in [0.05, 0.1) is 0 Å². The first-order chi connectivity index (χ1) is 9.74. The predicted octanol–water partition coefficient (Wildman–Crippen LogP) is 1.57. The van der Waals surface area contributed by atoms with Crippen LogP contribution in [-0.2, 0) is 22.0 Å². The Morgan fingerprint density at radius 1 is 1.24 bits per heavy atom. The third kappa shape index (κ3) is 5.36. The molecule has 0 saturated heterocycles. The lowest BCUT2D eigenvalue weighted by Crippen LogP contribution is -2.25. The lowest BCUT2D eigenvalue weighted by atomic mass is 9.98. The van der Waals surface area contributed by atoms with E-state index in [-0.39, 0.29) is 5.75 Å². The summed E-state index contributed by atoms with van der Waals surface area (Å²) in [5.74, 6) is 0.834. The Labute approximate surface area is 127 Å². The van der Waals surface area contributed by atoms with Gasteiger partial charge in [-0.1, -0.05) is 6.92 Å². The van der Waals surface area contributed by atoms with E-state index < -0.39 is 9.84 Å². The lowest BCUT2D eigenvalue weighted by Gasteiger charge is -2.16. The van der Waals surface area contributed by atoms with Crippen LogP contribution in [0, 0.1) is 19.8 Å². The number of nitrogens with one attached hydrogen (secondary N) is 1. The molecule has 6 heteroatoms. The van der Waals surface area contributed by atoms with E-state index >= 15 is 0 Å². The van der Waals surface area contributed by atoms with Crippen molar-refractivity contribution in [3.05, 3.63) is 22.8 Å². The average molecular weight is 311 g/mol. The minimum Gasteiger partial charge on any atom is -0.314 e. The summed E-state index contributed by atoms with van der Waals surface area (Å²) in [7, 11) is -3.09. The second-order valence-corrected chi connectivity index (χ2v) is 8.49. The predicted molar refractivity (Wildman–Crippen MR) is 83.9 cm³/mol. The summed E-state index contributed by atoms with van der Waals surface area (Å²) in [6.45, 7) is 7.11. The van der Waals surface area contributed by atoms with Crippen molar-refractivity contribution < 1.29 is 8.42 Å². The average Bonchev–Trinajstić information content (AvgIpc) is 3.13. The van der Waals surface area contributed by atoms with Crippen LogP contribution in [0.4, 0.5) is 0 Å². The molecule has 1 aromatic heterocycles. The summed E-state index contributed by atoms with van der Waals surface area (Å²) in [6.07, 6.45) is 4.74. The molecule has 1 aromatic rings. The topological polar surface area (TPSA) is 72.0 Å². The molecule has 0 radical (unpaired) electrons. The second-order valence-electron chi connectivity index (χ2n) is 6.35. The SMILES string of the molecule is Cc1nc(CS(C)(=O)=O)nc(C)c1CC(C)CNC1CC1. The van der Waals surface area contributed by atoms with Gasteiger partial charge in [0.1, 0.15) is 11.6 Å². The largest absolute Gasteiger partial charge is 0.314 e. The number of hydrogen-bond donors (Lipinski definition) is 1. The van der Waals surface area contributed by atoms with Crippen molar-refractivity contribution in [2.75, 3.05) is 12.8 Å². The van der Waals surface area contributed by atoms with Gasteiger partial charge in [-0.25, -0.2) is 18.4 Å². The zero-order valence-electron chi connectivity index (χ0n) is 13.3. The van der Waals surface area contributed by atoms with Gasteiger partial charge in [-0.3, -0.25) is 0 Å². The highest BCUT2D eigenvalue weighted by Gasteiger charge is 2.21. The summed E-state index contributed by atoms with van der Waals surface area (Å²) < 4.78 is 22.7. The highest BCUT2D eigenvalue weighted by atomic mass is 32.2. The molecule has 1 fully saturated rings. The van der Waals surface area contributed by atoms with E-state index in [1.54, 1.807) is 0 Å². The zero-order chi connectivity index (χ0) is 15.6. The zero-order valence-corrected chi connectivity index (χ0v) is 14.1. The van der Waals surface area contributed by atoms with Crippen LogP contribution >= 0.6 is 0 Å². The van der Waals surface area contributed by atoms with Crippen molar-refractivity contribution in [3.8, 4) is 0 Å². The maximum Gasteiger partial charge on any atom is 0.154 e. The minimum absolute atomic E-state index is 0.0895. The molecule has 0 aliphatic heterocycles. The van der Waals surface area contributed by atoms with Crippen LogP contribution in [0.25, 0.3) is 0 Å². The third-order valence-electron chi connectivity index (χ3n) is 3.74. The van der Waals surface area contributed by atoms with Gasteiger partial charge in [-0.2, -0.15) is 0 Å². The van der Waals surface area contributed by atoms with Crippen LogP contribution in [0.1, 0.15) is 42.5 Å². The third-order valence-corrected chi connectivity index (χ3v) is 4.53. The molecule has 21 heavy (non-hydrogen) atoms. The molecule has 5 nitrogen and oxygen atoms in total. The van der Waals surface area contributed by atoms with E-state index in [9.17, 15) is 8.42 Å². The van der Waals surface area contributed by atoms with Crippen molar-refractivity contribution in [2.45, 2.75) is 51.8 Å². The summed E-state index contributed by atoms with van der Waals surface area (Å²) in [5, 5.41) is 3.54. The molecule has 0 spiro atoms. The van der Waals surface area contributed by atoms with Gasteiger partial charge in [0, 0.05) is 23.7 Å². The van der Waals surface area contributed by atoms with Crippen molar-refractivity contribution in [2.24, 2.45) is 5.92 Å². The second kappa shape index (κ2) is 6.40. The Hall–Kier alpha value is -1.01. The first-order valence-corrected chi connectivity index (χ1v) is 9.54. The highest BCUT2D eigenvalue weighted by molar-refractivity contribution is 7.89. The quantitative estimate of drug-likeness (QED) is 0.827. The van der Waals surface area contributed by atoms with E-state index in [4.69, 9.17) is 0 Å². The van der Waals surface area contributed by atoms with Crippen molar-refractivity contribution in [3.63, 3.8) is 0 Å². The van der Waals surface area contributed by atoms with Crippen LogP contribution in [0.5, 0.6) is 0 Å². The Bertz CT molecular complexity index is 586. The number of sulfone groups is 1. The fourth-order valence-corrected chi connectivity index (χ4v) is 3.08. The Kier molecular flexibility index (Phi) is 4.99. The molecule has 1 atom stereocenters. The summed E-state index contributed by atoms with van der Waals surface area (Å²) in [6, 6.07) is 0.725. The molecule has 2 rings (SSSR count). The van der Waals surface area contributed by atoms with E-state index in [1.165, 1.54) is 19.1 Å². The molecule has 1 N–H and O–H groups in total. The van der Waals surface area contributed by atoms with E-state index in [0.29, 0.717) is 11.7 Å². The van der Waals surface area contributed by atoms with Gasteiger partial charge in [0.2, 0.25) is 0 Å². The van der Waals surface area contributed by atoms with Crippen LogP contribution in [-0.4, -0.2) is 37.2 Å². The normalized spacial score (nSPS) is 17.0. The number of rotatable bonds is 7. The lowest BCUT2D eigenvalue weighted by molar-refractivity contribution is 0.505. The fraction of sp³-hybridized carbons (Fsp3) is 0.733. The van der Waals surface area contributed by atoms with Gasteiger partial charge in [-0.05, 0) is 51.1 Å². The Morgan fingerprint density at radius 3 is 2.29 bits per heavy atom. The number of nitrogens with zero attached hydrogens (tertiary/aromatic N) is 2. The molecule has 1 heterocycles. The van der Waals surface area contributed by atoms with E-state index in [1.807, 2.05) is 13.8 Å². The van der Waals surface area contributed by atoms with Gasteiger partial charge >= 0.3 is 0 Å². The molecule has 0 bridgehead atoms. The summed E-state index contributed by atoms with van der Waals surface area (Å²) >= 11 is 0. The molecule has 118 valence electrons. The highest BCUT2D eigenvalue weighted by Crippen LogP contribution is 2.20. The number of aryl methyl sites for hydroxylation is 2. The van der Waals surface area contributed by atoms with Crippen LogP contribution in [0.2, 0.25) is 0 Å². The van der Waals surface area contributed by atoms with Gasteiger partial charge in [0.25, 0.3) is 0 Å². The maximum atomic E-state index is 11.4. The van der Waals surface area contributed by atoms with Crippen molar-refractivity contribution in [1.82, 2.24) is 15.3 Å². The van der Waals surface area contributed by atoms with Crippen molar-refractivity contribution >= 4 is 9.84 Å². The molecule has 1 aliphatic rings. The molecular weight excluding hydrogens is 286 g/mol. The Balaban J connectivity index is 2.05. The smallest absolute Gasteiger partial charge is 0.154 e. The molecule has 0 aromatic carbocycles. The van der Waals surface area contributed by atoms with Gasteiger partial charge in [0.15, 0.2) is 9.84 Å².